The van der Waals surface area contributed by atoms with Crippen LogP contribution in [-0.2, 0) is 25.8 Å². The van der Waals surface area contributed by atoms with Crippen LogP contribution in [0.4, 0.5) is 5.69 Å². The summed E-state index contributed by atoms with van der Waals surface area (Å²) in [6, 6.07) is 10.0. The number of rotatable bonds is 3. The Morgan fingerprint density at radius 1 is 1.00 bits per heavy atom. The fraction of sp³-hybridized carbons (Fsp3) is 0.381. The molecule has 3 aromatic rings. The molecule has 1 aromatic carbocycles. The number of aromatic nitrogens is 3. The number of aryl methyl sites for hydroxylation is 3. The summed E-state index contributed by atoms with van der Waals surface area (Å²) < 4.78 is 2.24. The number of benzene rings is 1. The average molecular weight is 379 g/mol. The van der Waals surface area contributed by atoms with E-state index in [0.717, 1.165) is 53.6 Å². The SMILES string of the molecule is O=C(Nc1ccc(-c2nnc3n2CCCCC3)cc1)c1cc2c(s1)CCC2. The van der Waals surface area contributed by atoms with Crippen molar-refractivity contribution in [2.75, 3.05) is 5.32 Å². The fourth-order valence-corrected chi connectivity index (χ4v) is 5.18. The van der Waals surface area contributed by atoms with Gasteiger partial charge in [-0.1, -0.05) is 6.42 Å². The molecule has 0 radical (unpaired) electrons. The molecule has 0 saturated carbocycles. The number of carbonyl (C=O) groups excluding carboxylic acids is 1. The minimum atomic E-state index is -0.0153. The largest absolute Gasteiger partial charge is 0.321 e. The third-order valence-corrected chi connectivity index (χ3v) is 6.72. The van der Waals surface area contributed by atoms with Crippen molar-refractivity contribution >= 4 is 22.9 Å². The van der Waals surface area contributed by atoms with Crippen molar-refractivity contribution in [1.82, 2.24) is 14.8 Å². The molecule has 0 bridgehead atoms. The van der Waals surface area contributed by atoms with Crippen molar-refractivity contribution in [2.45, 2.75) is 51.5 Å². The average Bonchev–Trinajstić information content (AvgIpc) is 3.34. The predicted octanol–water partition coefficient (Wildman–Crippen LogP) is 4.47. The lowest BCUT2D eigenvalue weighted by atomic mass is 10.2. The van der Waals surface area contributed by atoms with Crippen LogP contribution in [0, 0.1) is 0 Å². The zero-order valence-electron chi connectivity index (χ0n) is 15.2. The van der Waals surface area contributed by atoms with Crippen LogP contribution in [0.15, 0.2) is 30.3 Å². The molecule has 5 rings (SSSR count). The molecule has 1 amide bonds. The number of hydrogen-bond acceptors (Lipinski definition) is 4. The lowest BCUT2D eigenvalue weighted by Crippen LogP contribution is -2.10. The van der Waals surface area contributed by atoms with Gasteiger partial charge in [0.15, 0.2) is 5.82 Å². The van der Waals surface area contributed by atoms with Crippen LogP contribution in [-0.4, -0.2) is 20.7 Å². The van der Waals surface area contributed by atoms with Gasteiger partial charge in [-0.25, -0.2) is 0 Å². The van der Waals surface area contributed by atoms with Crippen LogP contribution >= 0.6 is 11.3 Å². The van der Waals surface area contributed by atoms with Crippen molar-refractivity contribution in [3.05, 3.63) is 51.5 Å². The first kappa shape index (κ1) is 16.7. The summed E-state index contributed by atoms with van der Waals surface area (Å²) in [6.07, 6.45) is 8.07. The summed E-state index contributed by atoms with van der Waals surface area (Å²) in [5, 5.41) is 11.8. The maximum atomic E-state index is 12.5. The second-order valence-electron chi connectivity index (χ2n) is 7.35. The van der Waals surface area contributed by atoms with Gasteiger partial charge in [-0.05, 0) is 68.0 Å². The van der Waals surface area contributed by atoms with Gasteiger partial charge in [-0.2, -0.15) is 0 Å². The highest BCUT2D eigenvalue weighted by atomic mass is 32.1. The first-order chi connectivity index (χ1) is 13.3. The van der Waals surface area contributed by atoms with E-state index < -0.39 is 0 Å². The fourth-order valence-electron chi connectivity index (χ4n) is 4.03. The Labute approximate surface area is 162 Å². The number of thiophene rings is 1. The molecule has 1 aliphatic carbocycles. The highest BCUT2D eigenvalue weighted by Crippen LogP contribution is 2.31. The summed E-state index contributed by atoms with van der Waals surface area (Å²) in [7, 11) is 0. The molecule has 0 spiro atoms. The second-order valence-corrected chi connectivity index (χ2v) is 8.48. The molecular formula is C21H22N4OS. The van der Waals surface area contributed by atoms with Gasteiger partial charge < -0.3 is 9.88 Å². The predicted molar refractivity (Wildman–Crippen MR) is 107 cm³/mol. The van der Waals surface area contributed by atoms with Gasteiger partial charge in [0.05, 0.1) is 4.88 Å². The minimum Gasteiger partial charge on any atom is -0.321 e. The van der Waals surface area contributed by atoms with Crippen LogP contribution in [0.5, 0.6) is 0 Å². The number of fused-ring (bicyclic) bond motifs is 2. The Balaban J connectivity index is 1.33. The van der Waals surface area contributed by atoms with E-state index in [1.807, 2.05) is 24.3 Å². The molecule has 27 heavy (non-hydrogen) atoms. The summed E-state index contributed by atoms with van der Waals surface area (Å²) in [5.41, 5.74) is 3.21. The Kier molecular flexibility index (Phi) is 4.28. The molecule has 0 fully saturated rings. The molecule has 0 atom stereocenters. The van der Waals surface area contributed by atoms with Gasteiger partial charge in [0, 0.05) is 29.1 Å². The quantitative estimate of drug-likeness (QED) is 0.731. The summed E-state index contributed by atoms with van der Waals surface area (Å²) in [6.45, 7) is 0.985. The molecule has 5 nitrogen and oxygen atoms in total. The standard InChI is InChI=1S/C21H22N4OS/c26-21(18-13-15-5-4-6-17(15)27-18)22-16-10-8-14(9-11-16)20-24-23-19-7-2-1-3-12-25(19)20/h8-11,13H,1-7,12H2,(H,22,26). The molecule has 0 saturated heterocycles. The summed E-state index contributed by atoms with van der Waals surface area (Å²) in [5.74, 6) is 2.00. The van der Waals surface area contributed by atoms with Crippen molar-refractivity contribution in [3.8, 4) is 11.4 Å². The maximum absolute atomic E-state index is 12.5. The van der Waals surface area contributed by atoms with Gasteiger partial charge in [0.1, 0.15) is 5.82 Å². The minimum absolute atomic E-state index is 0.0153. The number of anilines is 1. The monoisotopic (exact) mass is 378 g/mol. The van der Waals surface area contributed by atoms with Crippen molar-refractivity contribution in [1.29, 1.82) is 0 Å². The molecule has 2 aliphatic rings. The van der Waals surface area contributed by atoms with Gasteiger partial charge in [0.2, 0.25) is 0 Å². The van der Waals surface area contributed by atoms with E-state index >= 15 is 0 Å². The van der Waals surface area contributed by atoms with Crippen molar-refractivity contribution in [3.63, 3.8) is 0 Å². The van der Waals surface area contributed by atoms with Crippen LogP contribution in [0.2, 0.25) is 0 Å². The Bertz CT molecular complexity index is 965. The Morgan fingerprint density at radius 2 is 1.89 bits per heavy atom. The molecule has 2 aromatic heterocycles. The zero-order valence-corrected chi connectivity index (χ0v) is 16.0. The van der Waals surface area contributed by atoms with Crippen LogP contribution in [0.1, 0.15) is 51.6 Å². The lowest BCUT2D eigenvalue weighted by Gasteiger charge is -2.08. The normalized spacial score (nSPS) is 15.9. The van der Waals surface area contributed by atoms with Crippen LogP contribution in [0.25, 0.3) is 11.4 Å². The van der Waals surface area contributed by atoms with Gasteiger partial charge in [-0.3, -0.25) is 4.79 Å². The number of amides is 1. The van der Waals surface area contributed by atoms with Gasteiger partial charge in [0.25, 0.3) is 5.91 Å². The smallest absolute Gasteiger partial charge is 0.265 e. The molecule has 1 aliphatic heterocycles. The first-order valence-electron chi connectivity index (χ1n) is 9.73. The van der Waals surface area contributed by atoms with E-state index in [-0.39, 0.29) is 5.91 Å². The van der Waals surface area contributed by atoms with Crippen molar-refractivity contribution < 1.29 is 4.79 Å². The zero-order chi connectivity index (χ0) is 18.2. The third-order valence-electron chi connectivity index (χ3n) is 5.48. The molecule has 6 heteroatoms. The van der Waals surface area contributed by atoms with Crippen LogP contribution < -0.4 is 5.32 Å². The van der Waals surface area contributed by atoms with E-state index in [9.17, 15) is 4.79 Å². The maximum Gasteiger partial charge on any atom is 0.265 e. The number of nitrogens with zero attached hydrogens (tertiary/aromatic N) is 3. The number of carbonyl (C=O) groups is 1. The summed E-state index contributed by atoms with van der Waals surface area (Å²) >= 11 is 1.63. The van der Waals surface area contributed by atoms with E-state index in [2.05, 4.69) is 26.1 Å². The highest BCUT2D eigenvalue weighted by Gasteiger charge is 2.19. The van der Waals surface area contributed by atoms with Crippen LogP contribution in [0.3, 0.4) is 0 Å². The Morgan fingerprint density at radius 3 is 2.74 bits per heavy atom. The molecule has 138 valence electrons. The first-order valence-corrected chi connectivity index (χ1v) is 10.5. The van der Waals surface area contributed by atoms with E-state index in [4.69, 9.17) is 0 Å². The topological polar surface area (TPSA) is 59.8 Å². The van der Waals surface area contributed by atoms with Gasteiger partial charge in [-0.15, -0.1) is 21.5 Å². The number of nitrogens with one attached hydrogen (secondary N) is 1. The van der Waals surface area contributed by atoms with Gasteiger partial charge >= 0.3 is 0 Å². The molecule has 1 N–H and O–H groups in total. The van der Waals surface area contributed by atoms with E-state index in [1.54, 1.807) is 11.3 Å². The molecular weight excluding hydrogens is 356 g/mol. The second kappa shape index (κ2) is 6.93. The molecule has 0 unspecified atom stereocenters. The Hall–Kier alpha value is -2.47. The third kappa shape index (κ3) is 3.18. The van der Waals surface area contributed by atoms with Crippen molar-refractivity contribution in [2.24, 2.45) is 0 Å². The lowest BCUT2D eigenvalue weighted by molar-refractivity contribution is 0.103. The summed E-state index contributed by atoms with van der Waals surface area (Å²) in [4.78, 5) is 14.7. The van der Waals surface area contributed by atoms with E-state index in [0.29, 0.717) is 0 Å². The van der Waals surface area contributed by atoms with E-state index in [1.165, 1.54) is 36.1 Å². The molecule has 3 heterocycles. The number of hydrogen-bond donors (Lipinski definition) is 1. The highest BCUT2D eigenvalue weighted by molar-refractivity contribution is 7.14.